The van der Waals surface area contributed by atoms with Crippen LogP contribution in [0.15, 0.2) is 40.9 Å². The lowest BCUT2D eigenvalue weighted by Crippen LogP contribution is -2.00. The van der Waals surface area contributed by atoms with Gasteiger partial charge in [0.1, 0.15) is 5.82 Å². The van der Waals surface area contributed by atoms with Crippen molar-refractivity contribution < 1.29 is 4.39 Å². The fraction of sp³-hybridized carbons (Fsp3) is 0.200. The number of halogens is 2. The lowest BCUT2D eigenvalue weighted by atomic mass is 10.1. The minimum absolute atomic E-state index is 0.156. The van der Waals surface area contributed by atoms with Crippen LogP contribution >= 0.6 is 15.9 Å². The van der Waals surface area contributed by atoms with E-state index in [0.717, 1.165) is 15.7 Å². The summed E-state index contributed by atoms with van der Waals surface area (Å²) in [6.07, 6.45) is 0. The molecule has 0 spiro atoms. The summed E-state index contributed by atoms with van der Waals surface area (Å²) < 4.78 is 14.2. The first-order valence-electron chi connectivity index (χ1n) is 5.81. The van der Waals surface area contributed by atoms with Gasteiger partial charge in [0.25, 0.3) is 0 Å². The molecule has 0 bridgehead atoms. The van der Waals surface area contributed by atoms with Gasteiger partial charge in [0, 0.05) is 16.7 Å². The Morgan fingerprint density at radius 1 is 1.11 bits per heavy atom. The number of aryl methyl sites for hydroxylation is 2. The van der Waals surface area contributed by atoms with Crippen molar-refractivity contribution >= 4 is 21.6 Å². The van der Waals surface area contributed by atoms with Crippen molar-refractivity contribution in [3.05, 3.63) is 63.4 Å². The minimum atomic E-state index is -0.156. The molecule has 1 N–H and O–H groups in total. The second-order valence-corrected chi connectivity index (χ2v) is 5.37. The maximum atomic E-state index is 13.1. The maximum absolute atomic E-state index is 13.1. The van der Waals surface area contributed by atoms with E-state index in [1.807, 2.05) is 12.1 Å². The first-order chi connectivity index (χ1) is 8.54. The summed E-state index contributed by atoms with van der Waals surface area (Å²) in [6.45, 7) is 4.52. The Bertz CT molecular complexity index is 546. The molecule has 2 rings (SSSR count). The third-order valence-electron chi connectivity index (χ3n) is 2.76. The molecule has 94 valence electrons. The number of nitrogens with one attached hydrogen (secondary N) is 1. The number of hydrogen-bond acceptors (Lipinski definition) is 1. The molecule has 0 aliphatic heterocycles. The first-order valence-corrected chi connectivity index (χ1v) is 6.60. The Kier molecular flexibility index (Phi) is 4.02. The van der Waals surface area contributed by atoms with Crippen LogP contribution in [0.3, 0.4) is 0 Å². The zero-order valence-electron chi connectivity index (χ0n) is 10.4. The summed E-state index contributed by atoms with van der Waals surface area (Å²) in [4.78, 5) is 0. The quantitative estimate of drug-likeness (QED) is 0.857. The second-order valence-electron chi connectivity index (χ2n) is 4.45. The topological polar surface area (TPSA) is 12.0 Å². The lowest BCUT2D eigenvalue weighted by molar-refractivity contribution is 0.617. The van der Waals surface area contributed by atoms with E-state index in [4.69, 9.17) is 0 Å². The van der Waals surface area contributed by atoms with Gasteiger partial charge in [0.2, 0.25) is 0 Å². The van der Waals surface area contributed by atoms with Crippen LogP contribution < -0.4 is 5.32 Å². The average Bonchev–Trinajstić information content (AvgIpc) is 2.29. The van der Waals surface area contributed by atoms with E-state index in [1.165, 1.54) is 11.6 Å². The maximum Gasteiger partial charge on any atom is 0.126 e. The molecule has 2 aromatic carbocycles. The van der Waals surface area contributed by atoms with Crippen molar-refractivity contribution in [3.63, 3.8) is 0 Å². The Morgan fingerprint density at radius 3 is 2.56 bits per heavy atom. The van der Waals surface area contributed by atoms with E-state index in [1.54, 1.807) is 13.0 Å². The molecule has 0 aliphatic rings. The van der Waals surface area contributed by atoms with Crippen LogP contribution in [0, 0.1) is 19.7 Å². The van der Waals surface area contributed by atoms with Crippen LogP contribution in [0.5, 0.6) is 0 Å². The molecule has 18 heavy (non-hydrogen) atoms. The van der Waals surface area contributed by atoms with Gasteiger partial charge in [0.05, 0.1) is 0 Å². The van der Waals surface area contributed by atoms with Crippen LogP contribution in [0.2, 0.25) is 0 Å². The molecular weight excluding hydrogens is 293 g/mol. The molecule has 0 unspecified atom stereocenters. The van der Waals surface area contributed by atoms with Crippen molar-refractivity contribution in [2.24, 2.45) is 0 Å². The highest BCUT2D eigenvalue weighted by Crippen LogP contribution is 2.20. The summed E-state index contributed by atoms with van der Waals surface area (Å²) in [7, 11) is 0. The van der Waals surface area contributed by atoms with E-state index < -0.39 is 0 Å². The minimum Gasteiger partial charge on any atom is -0.381 e. The van der Waals surface area contributed by atoms with E-state index in [9.17, 15) is 4.39 Å². The molecule has 0 saturated carbocycles. The predicted octanol–water partition coefficient (Wildman–Crippen LogP) is 4.82. The van der Waals surface area contributed by atoms with Gasteiger partial charge in [-0.05, 0) is 54.8 Å². The van der Waals surface area contributed by atoms with Gasteiger partial charge < -0.3 is 5.32 Å². The van der Waals surface area contributed by atoms with E-state index in [2.05, 4.69) is 40.3 Å². The smallest absolute Gasteiger partial charge is 0.126 e. The first kappa shape index (κ1) is 13.1. The summed E-state index contributed by atoms with van der Waals surface area (Å²) in [5, 5.41) is 3.34. The summed E-state index contributed by atoms with van der Waals surface area (Å²) in [5.74, 6) is -0.156. The third-order valence-corrected chi connectivity index (χ3v) is 3.22. The summed E-state index contributed by atoms with van der Waals surface area (Å²) in [5.41, 5.74) is 4.01. The standard InChI is InChI=1S/C15H15BrFN/c1-10-5-13(16)8-14(6-10)18-9-12-3-4-15(17)11(2)7-12/h3-8,18H,9H2,1-2H3. The highest BCUT2D eigenvalue weighted by atomic mass is 79.9. The zero-order valence-corrected chi connectivity index (χ0v) is 12.0. The molecule has 0 amide bonds. The van der Waals surface area contributed by atoms with Crippen molar-refractivity contribution in [1.29, 1.82) is 0 Å². The number of anilines is 1. The van der Waals surface area contributed by atoms with Gasteiger partial charge in [-0.2, -0.15) is 0 Å². The molecule has 2 aromatic rings. The molecule has 0 heterocycles. The van der Waals surface area contributed by atoms with Gasteiger partial charge in [-0.1, -0.05) is 28.1 Å². The Morgan fingerprint density at radius 2 is 1.89 bits per heavy atom. The molecule has 0 aliphatic carbocycles. The second kappa shape index (κ2) is 5.53. The highest BCUT2D eigenvalue weighted by molar-refractivity contribution is 9.10. The van der Waals surface area contributed by atoms with Crippen LogP contribution in [0.1, 0.15) is 16.7 Å². The van der Waals surface area contributed by atoms with Crippen molar-refractivity contribution in [1.82, 2.24) is 0 Å². The van der Waals surface area contributed by atoms with Crippen LogP contribution in [-0.4, -0.2) is 0 Å². The largest absolute Gasteiger partial charge is 0.381 e. The monoisotopic (exact) mass is 307 g/mol. The van der Waals surface area contributed by atoms with Crippen molar-refractivity contribution in [2.75, 3.05) is 5.32 Å². The van der Waals surface area contributed by atoms with Crippen LogP contribution in [-0.2, 0) is 6.54 Å². The molecule has 0 aromatic heterocycles. The molecular formula is C15H15BrFN. The summed E-state index contributed by atoms with van der Waals surface area (Å²) >= 11 is 3.47. The van der Waals surface area contributed by atoms with Crippen LogP contribution in [0.25, 0.3) is 0 Å². The molecule has 3 heteroatoms. The van der Waals surface area contributed by atoms with E-state index >= 15 is 0 Å². The lowest BCUT2D eigenvalue weighted by Gasteiger charge is -2.09. The Balaban J connectivity index is 2.08. The molecule has 0 saturated heterocycles. The van der Waals surface area contributed by atoms with E-state index in [0.29, 0.717) is 12.1 Å². The van der Waals surface area contributed by atoms with Crippen molar-refractivity contribution in [2.45, 2.75) is 20.4 Å². The van der Waals surface area contributed by atoms with Gasteiger partial charge in [-0.15, -0.1) is 0 Å². The fourth-order valence-electron chi connectivity index (χ4n) is 1.86. The number of benzene rings is 2. The predicted molar refractivity (Wildman–Crippen MR) is 77.3 cm³/mol. The normalized spacial score (nSPS) is 10.4. The Labute approximate surface area is 115 Å². The van der Waals surface area contributed by atoms with Gasteiger partial charge in [-0.25, -0.2) is 4.39 Å². The number of rotatable bonds is 3. The van der Waals surface area contributed by atoms with Gasteiger partial charge >= 0.3 is 0 Å². The third kappa shape index (κ3) is 3.33. The van der Waals surface area contributed by atoms with Crippen molar-refractivity contribution in [3.8, 4) is 0 Å². The molecule has 0 atom stereocenters. The van der Waals surface area contributed by atoms with Gasteiger partial charge in [0.15, 0.2) is 0 Å². The van der Waals surface area contributed by atoms with E-state index in [-0.39, 0.29) is 5.82 Å². The number of hydrogen-bond donors (Lipinski definition) is 1. The van der Waals surface area contributed by atoms with Gasteiger partial charge in [-0.3, -0.25) is 0 Å². The molecule has 1 nitrogen and oxygen atoms in total. The molecule has 0 radical (unpaired) electrons. The highest BCUT2D eigenvalue weighted by Gasteiger charge is 2.00. The fourth-order valence-corrected chi connectivity index (χ4v) is 2.47. The Hall–Kier alpha value is -1.35. The zero-order chi connectivity index (χ0) is 13.1. The average molecular weight is 308 g/mol. The van der Waals surface area contributed by atoms with Crippen LogP contribution in [0.4, 0.5) is 10.1 Å². The molecule has 0 fully saturated rings. The SMILES string of the molecule is Cc1cc(Br)cc(NCc2ccc(F)c(C)c2)c1. The summed E-state index contributed by atoms with van der Waals surface area (Å²) in [6, 6.07) is 11.4.